The third-order valence-electron chi connectivity index (χ3n) is 18.0. The number of aryl methyl sites for hydroxylation is 8. The number of unbranched alkanes of at least 4 members (excludes halogenated alkanes) is 4. The van der Waals surface area contributed by atoms with E-state index >= 15 is 0 Å². The van der Waals surface area contributed by atoms with Crippen molar-refractivity contribution in [2.75, 3.05) is 37.7 Å². The quantitative estimate of drug-likeness (QED) is 0.0432. The molecule has 11 aromatic rings. The standard InChI is InChI=1S/C88H95N5O2/c1-11-15-22-70-61-71(23-16-12-2)63-84(62-70)91(77-42-44-80(45-43-77)92(87-60-66(7)24-29-67(87)8)81-46-48-83(49-47-81)93(82-32-27-65(6)28-33-82)88-68(9)20-19-21-69(88)10)76-40-38-75(39-41-76)90(79-52-56-86(57-53-79)95-59-18-14-4)74-36-34-73(35-37-74)89(72-30-25-64(5)26-31-72)78-50-54-85(55-51-78)94-58-17-13-3/h19-21,24-57,60-63H,11-18,22-23,58-59H2,1-10H3. The van der Waals surface area contributed by atoms with Gasteiger partial charge in [-0.05, 0) is 302 Å². The van der Waals surface area contributed by atoms with Gasteiger partial charge in [0.15, 0.2) is 0 Å². The summed E-state index contributed by atoms with van der Waals surface area (Å²) in [6, 6.07) is 91.9. The van der Waals surface area contributed by atoms with Crippen LogP contribution in [-0.2, 0) is 12.8 Å². The minimum atomic E-state index is 0.692. The van der Waals surface area contributed by atoms with Gasteiger partial charge in [-0.25, -0.2) is 0 Å². The van der Waals surface area contributed by atoms with Crippen LogP contribution in [0.25, 0.3) is 0 Å². The van der Waals surface area contributed by atoms with Crippen LogP contribution in [0.1, 0.15) is 124 Å². The summed E-state index contributed by atoms with van der Waals surface area (Å²) in [7, 11) is 0. The lowest BCUT2D eigenvalue weighted by atomic mass is 10.00. The van der Waals surface area contributed by atoms with Gasteiger partial charge in [0.05, 0.1) is 18.9 Å². The number of anilines is 15. The Morgan fingerprint density at radius 2 is 0.547 bits per heavy atom. The fraction of sp³-hybridized carbons (Fsp3) is 0.250. The van der Waals surface area contributed by atoms with Gasteiger partial charge in [-0.3, -0.25) is 0 Å². The predicted molar refractivity (Wildman–Crippen MR) is 406 cm³/mol. The molecule has 0 amide bonds. The van der Waals surface area contributed by atoms with E-state index in [4.69, 9.17) is 9.47 Å². The Hall–Kier alpha value is -9.98. The van der Waals surface area contributed by atoms with Crippen LogP contribution >= 0.6 is 0 Å². The molecule has 0 aliphatic carbocycles. The fourth-order valence-electron chi connectivity index (χ4n) is 12.7. The molecule has 0 atom stereocenters. The van der Waals surface area contributed by atoms with Crippen molar-refractivity contribution in [1.82, 2.24) is 0 Å². The molecule has 7 heteroatoms. The molecule has 0 spiro atoms. The second-order valence-corrected chi connectivity index (χ2v) is 25.6. The molecule has 0 unspecified atom stereocenters. The molecule has 0 N–H and O–H groups in total. The van der Waals surface area contributed by atoms with Crippen LogP contribution in [0.2, 0.25) is 0 Å². The van der Waals surface area contributed by atoms with Gasteiger partial charge in [0.1, 0.15) is 11.5 Å². The molecule has 0 aliphatic rings. The minimum Gasteiger partial charge on any atom is -0.494 e. The average Bonchev–Trinajstić information content (AvgIpc) is 0.798. The third kappa shape index (κ3) is 16.2. The fourth-order valence-corrected chi connectivity index (χ4v) is 12.7. The molecule has 0 radical (unpaired) electrons. The molecular weight excluding hydrogens is 1160 g/mol. The topological polar surface area (TPSA) is 34.7 Å². The van der Waals surface area contributed by atoms with Gasteiger partial charge < -0.3 is 34.0 Å². The van der Waals surface area contributed by atoms with Crippen molar-refractivity contribution in [2.24, 2.45) is 0 Å². The summed E-state index contributed by atoms with van der Waals surface area (Å²) in [6.07, 6.45) is 10.8. The lowest BCUT2D eigenvalue weighted by Crippen LogP contribution is -2.15. The first-order chi connectivity index (χ1) is 46.4. The molecule has 11 rings (SSSR count). The summed E-state index contributed by atoms with van der Waals surface area (Å²) in [4.78, 5) is 12.0. The summed E-state index contributed by atoms with van der Waals surface area (Å²) in [5, 5.41) is 0. The lowest BCUT2D eigenvalue weighted by Gasteiger charge is -2.31. The number of rotatable bonds is 29. The van der Waals surface area contributed by atoms with Gasteiger partial charge in [-0.1, -0.05) is 125 Å². The Labute approximate surface area is 567 Å². The first kappa shape index (κ1) is 66.5. The zero-order chi connectivity index (χ0) is 66.2. The second-order valence-electron chi connectivity index (χ2n) is 25.6. The Balaban J connectivity index is 0.992. The van der Waals surface area contributed by atoms with E-state index in [1.807, 2.05) is 0 Å². The van der Waals surface area contributed by atoms with Crippen molar-refractivity contribution >= 4 is 85.3 Å². The van der Waals surface area contributed by atoms with E-state index in [1.54, 1.807) is 0 Å². The Morgan fingerprint density at radius 3 is 0.895 bits per heavy atom. The first-order valence-electron chi connectivity index (χ1n) is 34.7. The third-order valence-corrected chi connectivity index (χ3v) is 18.0. The monoisotopic (exact) mass is 1250 g/mol. The van der Waals surface area contributed by atoms with E-state index in [0.29, 0.717) is 13.2 Å². The predicted octanol–water partition coefficient (Wildman–Crippen LogP) is 25.9. The molecule has 0 fully saturated rings. The molecule has 0 saturated carbocycles. The SMILES string of the molecule is CCCCOc1ccc(N(c2ccc(C)cc2)c2ccc(N(c3ccc(OCCCC)cc3)c3ccc(N(c4ccc(N(c5ccc(N(c6ccc(C)cc6)c6c(C)cccc6C)cc5)c5cc(C)ccc5C)cc4)c4cc(CCCC)cc(CCCC)c4)cc3)cc2)cc1. The van der Waals surface area contributed by atoms with Gasteiger partial charge in [-0.15, -0.1) is 0 Å². The van der Waals surface area contributed by atoms with Crippen molar-refractivity contribution in [3.63, 3.8) is 0 Å². The molecule has 11 aromatic carbocycles. The highest BCUT2D eigenvalue weighted by Gasteiger charge is 2.23. The highest BCUT2D eigenvalue weighted by atomic mass is 16.5. The molecule has 0 aliphatic heterocycles. The van der Waals surface area contributed by atoms with Crippen molar-refractivity contribution < 1.29 is 9.47 Å². The maximum absolute atomic E-state index is 6.23. The van der Waals surface area contributed by atoms with Gasteiger partial charge in [0, 0.05) is 79.6 Å². The lowest BCUT2D eigenvalue weighted by molar-refractivity contribution is 0.309. The van der Waals surface area contributed by atoms with E-state index in [0.717, 1.165) is 155 Å². The van der Waals surface area contributed by atoms with Crippen LogP contribution in [-0.4, -0.2) is 13.2 Å². The summed E-state index contributed by atoms with van der Waals surface area (Å²) in [5.41, 5.74) is 26.4. The average molecular weight is 1250 g/mol. The van der Waals surface area contributed by atoms with Crippen molar-refractivity contribution in [2.45, 2.75) is 133 Å². The van der Waals surface area contributed by atoms with Gasteiger partial charge in [0.25, 0.3) is 0 Å². The van der Waals surface area contributed by atoms with Gasteiger partial charge in [0.2, 0.25) is 0 Å². The Bertz CT molecular complexity index is 4170. The maximum Gasteiger partial charge on any atom is 0.119 e. The summed E-state index contributed by atoms with van der Waals surface area (Å²) < 4.78 is 12.3. The van der Waals surface area contributed by atoms with Crippen LogP contribution in [0.3, 0.4) is 0 Å². The van der Waals surface area contributed by atoms with E-state index < -0.39 is 0 Å². The molecule has 484 valence electrons. The normalized spacial score (nSPS) is 11.1. The van der Waals surface area contributed by atoms with Crippen LogP contribution in [0, 0.1) is 41.5 Å². The second kappa shape index (κ2) is 31.8. The number of nitrogens with zero attached hydrogens (tertiary/aromatic N) is 5. The van der Waals surface area contributed by atoms with Crippen molar-refractivity contribution in [3.05, 3.63) is 293 Å². The van der Waals surface area contributed by atoms with Gasteiger partial charge in [-0.2, -0.15) is 0 Å². The molecular formula is C88H95N5O2. The number of para-hydroxylation sites is 1. The van der Waals surface area contributed by atoms with E-state index in [1.165, 1.54) is 50.2 Å². The highest BCUT2D eigenvalue weighted by molar-refractivity contribution is 5.87. The smallest absolute Gasteiger partial charge is 0.119 e. The van der Waals surface area contributed by atoms with Crippen molar-refractivity contribution in [3.8, 4) is 11.5 Å². The molecule has 0 bridgehead atoms. The van der Waals surface area contributed by atoms with Crippen LogP contribution in [0.4, 0.5) is 85.3 Å². The maximum atomic E-state index is 6.23. The molecule has 95 heavy (non-hydrogen) atoms. The zero-order valence-corrected chi connectivity index (χ0v) is 57.7. The summed E-state index contributed by atoms with van der Waals surface area (Å²) in [6.45, 7) is 23.5. The van der Waals surface area contributed by atoms with Crippen LogP contribution < -0.4 is 34.0 Å². The Kier molecular flexibility index (Phi) is 22.2. The number of benzene rings is 11. The van der Waals surface area contributed by atoms with E-state index in [-0.39, 0.29) is 0 Å². The Morgan fingerprint density at radius 1 is 0.253 bits per heavy atom. The number of ether oxygens (including phenoxy) is 2. The van der Waals surface area contributed by atoms with E-state index in [9.17, 15) is 0 Å². The summed E-state index contributed by atoms with van der Waals surface area (Å²) >= 11 is 0. The largest absolute Gasteiger partial charge is 0.494 e. The first-order valence-corrected chi connectivity index (χ1v) is 34.7. The molecule has 0 heterocycles. The number of hydrogen-bond acceptors (Lipinski definition) is 7. The molecule has 0 aromatic heterocycles. The van der Waals surface area contributed by atoms with E-state index in [2.05, 4.69) is 342 Å². The highest BCUT2D eigenvalue weighted by Crippen LogP contribution is 2.46. The summed E-state index contributed by atoms with van der Waals surface area (Å²) in [5.74, 6) is 1.75. The number of hydrogen-bond donors (Lipinski definition) is 0. The minimum absolute atomic E-state index is 0.692. The van der Waals surface area contributed by atoms with Gasteiger partial charge >= 0.3 is 0 Å². The zero-order valence-electron chi connectivity index (χ0n) is 57.7. The molecule has 7 nitrogen and oxygen atoms in total. The van der Waals surface area contributed by atoms with Crippen LogP contribution in [0.5, 0.6) is 11.5 Å². The molecule has 0 saturated heterocycles. The van der Waals surface area contributed by atoms with Crippen molar-refractivity contribution in [1.29, 1.82) is 0 Å². The van der Waals surface area contributed by atoms with Crippen LogP contribution in [0.15, 0.2) is 249 Å².